The van der Waals surface area contributed by atoms with Gasteiger partial charge < -0.3 is 4.74 Å². The van der Waals surface area contributed by atoms with Crippen molar-refractivity contribution in [3.8, 4) is 44.9 Å². The first-order chi connectivity index (χ1) is 18.3. The molecule has 1 heteroatoms. The van der Waals surface area contributed by atoms with Crippen LogP contribution in [0, 0.1) is 0 Å². The van der Waals surface area contributed by atoms with Crippen molar-refractivity contribution in [3.63, 3.8) is 0 Å². The molecule has 8 rings (SSSR count). The van der Waals surface area contributed by atoms with Crippen LogP contribution in [0.2, 0.25) is 0 Å². The van der Waals surface area contributed by atoms with Gasteiger partial charge in [-0.25, -0.2) is 0 Å². The Morgan fingerprint density at radius 3 is 1.84 bits per heavy atom. The van der Waals surface area contributed by atoms with Gasteiger partial charge in [0, 0.05) is 10.9 Å². The minimum atomic E-state index is 0.909. The molecule has 0 bridgehead atoms. The Kier molecular flexibility index (Phi) is 4.29. The summed E-state index contributed by atoms with van der Waals surface area (Å²) >= 11 is 0. The second-order valence-corrected chi connectivity index (χ2v) is 9.71. The minimum Gasteiger partial charge on any atom is -0.456 e. The molecule has 0 aromatic heterocycles. The molecule has 0 fully saturated rings. The summed E-state index contributed by atoms with van der Waals surface area (Å²) in [4.78, 5) is 0. The van der Waals surface area contributed by atoms with Crippen LogP contribution in [0.4, 0.5) is 0 Å². The fraction of sp³-hybridized carbons (Fsp3) is 0. The van der Waals surface area contributed by atoms with Gasteiger partial charge in [0.2, 0.25) is 0 Å². The van der Waals surface area contributed by atoms with E-state index in [1.54, 1.807) is 0 Å². The van der Waals surface area contributed by atoms with E-state index in [4.69, 9.17) is 4.74 Å². The lowest BCUT2D eigenvalue weighted by Gasteiger charge is -2.22. The average Bonchev–Trinajstić information content (AvgIpc) is 2.96. The molecule has 7 aromatic rings. The van der Waals surface area contributed by atoms with E-state index in [2.05, 4.69) is 133 Å². The standard InChI is InChI=1S/C36H22O/c1-2-12-26-23(8-1)9-5-15-29(26)31-20-19-27(28-13-3-4-14-30(28)31)25-18-21-34-33(22-25)32-16-6-10-24-11-7-17-35(37-34)36(24)32/h1-22H. The topological polar surface area (TPSA) is 9.23 Å². The molecule has 0 spiro atoms. The zero-order valence-electron chi connectivity index (χ0n) is 20.1. The summed E-state index contributed by atoms with van der Waals surface area (Å²) in [5.74, 6) is 1.84. The molecule has 0 radical (unpaired) electrons. The van der Waals surface area contributed by atoms with Crippen LogP contribution in [0.3, 0.4) is 0 Å². The van der Waals surface area contributed by atoms with Crippen molar-refractivity contribution in [1.29, 1.82) is 0 Å². The molecule has 0 saturated carbocycles. The summed E-state index contributed by atoms with van der Waals surface area (Å²) in [5.41, 5.74) is 7.32. The minimum absolute atomic E-state index is 0.909. The zero-order chi connectivity index (χ0) is 24.3. The van der Waals surface area contributed by atoms with Crippen molar-refractivity contribution in [1.82, 2.24) is 0 Å². The highest BCUT2D eigenvalue weighted by Crippen LogP contribution is 2.48. The number of benzene rings is 7. The van der Waals surface area contributed by atoms with Crippen molar-refractivity contribution in [2.24, 2.45) is 0 Å². The molecule has 1 nitrogen and oxygen atoms in total. The number of ether oxygens (including phenoxy) is 1. The maximum atomic E-state index is 6.35. The van der Waals surface area contributed by atoms with Gasteiger partial charge in [-0.15, -0.1) is 0 Å². The van der Waals surface area contributed by atoms with Gasteiger partial charge in [-0.2, -0.15) is 0 Å². The summed E-state index contributed by atoms with van der Waals surface area (Å²) < 4.78 is 6.35. The van der Waals surface area contributed by atoms with Crippen molar-refractivity contribution in [3.05, 3.63) is 133 Å². The fourth-order valence-electron chi connectivity index (χ4n) is 5.98. The van der Waals surface area contributed by atoms with E-state index in [0.717, 1.165) is 17.1 Å². The molecule has 1 aliphatic heterocycles. The summed E-state index contributed by atoms with van der Waals surface area (Å²) in [5, 5.41) is 7.45. The fourth-order valence-corrected chi connectivity index (χ4v) is 5.98. The van der Waals surface area contributed by atoms with E-state index in [1.807, 2.05) is 0 Å². The van der Waals surface area contributed by atoms with Crippen molar-refractivity contribution in [2.75, 3.05) is 0 Å². The van der Waals surface area contributed by atoms with Gasteiger partial charge in [-0.05, 0) is 72.9 Å². The van der Waals surface area contributed by atoms with E-state index < -0.39 is 0 Å². The molecule has 0 aliphatic carbocycles. The third-order valence-electron chi connectivity index (χ3n) is 7.67. The van der Waals surface area contributed by atoms with E-state index in [9.17, 15) is 0 Å². The maximum absolute atomic E-state index is 6.35. The number of hydrogen-bond donors (Lipinski definition) is 0. The molecule has 0 N–H and O–H groups in total. The van der Waals surface area contributed by atoms with Crippen molar-refractivity contribution >= 4 is 32.3 Å². The highest BCUT2D eigenvalue weighted by atomic mass is 16.5. The SMILES string of the molecule is c1ccc2c(-c3ccc(-c4ccc5c(c4)-c4cccc6cccc(c46)O5)c4ccccc34)cccc2c1. The molecule has 1 aliphatic rings. The maximum Gasteiger partial charge on any atom is 0.135 e. The van der Waals surface area contributed by atoms with E-state index in [0.29, 0.717) is 0 Å². The van der Waals surface area contributed by atoms with Crippen LogP contribution in [-0.4, -0.2) is 0 Å². The largest absolute Gasteiger partial charge is 0.456 e. The molecule has 0 atom stereocenters. The van der Waals surface area contributed by atoms with Crippen LogP contribution in [0.15, 0.2) is 133 Å². The second-order valence-electron chi connectivity index (χ2n) is 9.71. The van der Waals surface area contributed by atoms with Crippen LogP contribution in [-0.2, 0) is 0 Å². The summed E-state index contributed by atoms with van der Waals surface area (Å²) in [6.07, 6.45) is 0. The lowest BCUT2D eigenvalue weighted by molar-refractivity contribution is 0.487. The lowest BCUT2D eigenvalue weighted by atomic mass is 9.88. The summed E-state index contributed by atoms with van der Waals surface area (Å²) in [6.45, 7) is 0. The first kappa shape index (κ1) is 20.3. The molecule has 0 amide bonds. The number of rotatable bonds is 2. The van der Waals surface area contributed by atoms with Crippen LogP contribution in [0.1, 0.15) is 0 Å². The second kappa shape index (κ2) is 7.81. The van der Waals surface area contributed by atoms with Gasteiger partial charge >= 0.3 is 0 Å². The van der Waals surface area contributed by atoms with Gasteiger partial charge in [-0.3, -0.25) is 0 Å². The average molecular weight is 471 g/mol. The third-order valence-corrected chi connectivity index (χ3v) is 7.67. The first-order valence-corrected chi connectivity index (χ1v) is 12.7. The van der Waals surface area contributed by atoms with Gasteiger partial charge in [0.1, 0.15) is 11.5 Å². The zero-order valence-corrected chi connectivity index (χ0v) is 20.1. The quantitative estimate of drug-likeness (QED) is 0.244. The van der Waals surface area contributed by atoms with Crippen molar-refractivity contribution in [2.45, 2.75) is 0 Å². The van der Waals surface area contributed by atoms with Gasteiger partial charge in [0.05, 0.1) is 0 Å². The van der Waals surface area contributed by atoms with E-state index in [-0.39, 0.29) is 0 Å². The van der Waals surface area contributed by atoms with Crippen LogP contribution in [0.5, 0.6) is 11.5 Å². The van der Waals surface area contributed by atoms with Gasteiger partial charge in [0.15, 0.2) is 0 Å². The molecule has 172 valence electrons. The number of hydrogen-bond acceptors (Lipinski definition) is 1. The van der Waals surface area contributed by atoms with Gasteiger partial charge in [-0.1, -0.05) is 115 Å². The molecule has 7 aromatic carbocycles. The van der Waals surface area contributed by atoms with Crippen LogP contribution >= 0.6 is 0 Å². The highest BCUT2D eigenvalue weighted by Gasteiger charge is 2.21. The Bertz CT molecular complexity index is 2000. The third kappa shape index (κ3) is 3.04. The molecular formula is C36H22O. The Labute approximate surface area is 215 Å². The molecule has 0 unspecified atom stereocenters. The Morgan fingerprint density at radius 2 is 0.973 bits per heavy atom. The highest BCUT2D eigenvalue weighted by molar-refractivity contribution is 6.10. The van der Waals surface area contributed by atoms with Crippen LogP contribution < -0.4 is 4.74 Å². The Morgan fingerprint density at radius 1 is 0.351 bits per heavy atom. The predicted octanol–water partition coefficient (Wildman–Crippen LogP) is 10.3. The smallest absolute Gasteiger partial charge is 0.135 e. The Hall–Kier alpha value is -4.88. The van der Waals surface area contributed by atoms with Crippen molar-refractivity contribution < 1.29 is 4.74 Å². The monoisotopic (exact) mass is 470 g/mol. The lowest BCUT2D eigenvalue weighted by Crippen LogP contribution is -1.97. The molecule has 0 saturated heterocycles. The normalized spacial score (nSPS) is 12.0. The Balaban J connectivity index is 1.35. The number of fused-ring (bicyclic) bond motifs is 4. The molecule has 37 heavy (non-hydrogen) atoms. The molecule has 1 heterocycles. The summed E-state index contributed by atoms with van der Waals surface area (Å²) in [6, 6.07) is 47.9. The van der Waals surface area contributed by atoms with E-state index >= 15 is 0 Å². The van der Waals surface area contributed by atoms with E-state index in [1.165, 1.54) is 60.1 Å². The van der Waals surface area contributed by atoms with Crippen LogP contribution in [0.25, 0.3) is 65.7 Å². The molecular weight excluding hydrogens is 448 g/mol. The summed E-state index contributed by atoms with van der Waals surface area (Å²) in [7, 11) is 0. The predicted molar refractivity (Wildman–Crippen MR) is 155 cm³/mol. The first-order valence-electron chi connectivity index (χ1n) is 12.7. The van der Waals surface area contributed by atoms with Gasteiger partial charge in [0.25, 0.3) is 0 Å².